The van der Waals surface area contributed by atoms with Crippen molar-refractivity contribution in [2.45, 2.75) is 32.6 Å². The molecule has 0 unspecified atom stereocenters. The van der Waals surface area contributed by atoms with Crippen molar-refractivity contribution in [3.05, 3.63) is 36.6 Å². The summed E-state index contributed by atoms with van der Waals surface area (Å²) in [7, 11) is 0. The maximum atomic E-state index is 10.1. The quantitative estimate of drug-likeness (QED) is 0.552. The van der Waals surface area contributed by atoms with E-state index < -0.39 is 0 Å². The number of phenols is 1. The van der Waals surface area contributed by atoms with Crippen LogP contribution in [0.25, 0.3) is 0 Å². The Balaban J connectivity index is 2.00. The summed E-state index contributed by atoms with van der Waals surface area (Å²) in [5, 5.41) is 20.4. The van der Waals surface area contributed by atoms with Gasteiger partial charge in [0.05, 0.1) is 16.6 Å². The highest BCUT2D eigenvalue weighted by molar-refractivity contribution is 9.13. The number of aryl methyl sites for hydroxylation is 1. The molecule has 0 saturated carbocycles. The molecule has 0 fully saturated rings. The fourth-order valence-corrected chi connectivity index (χ4v) is 4.87. The standard InChI is InChI=1S/C18H16Br2N2O2S/c1-2-24-13-7-10(15(19)16(20)17(13)23)9-22-18-12(8-21)11-5-3-4-6-14(11)25-18/h7,9,23H,2-6H2,1H3. The second kappa shape index (κ2) is 7.90. The normalized spacial score (nSPS) is 13.7. The summed E-state index contributed by atoms with van der Waals surface area (Å²) in [4.78, 5) is 5.86. The second-order valence-electron chi connectivity index (χ2n) is 5.63. The predicted octanol–water partition coefficient (Wildman–Crippen LogP) is 5.88. The van der Waals surface area contributed by atoms with E-state index in [0.29, 0.717) is 26.9 Å². The number of rotatable bonds is 4. The summed E-state index contributed by atoms with van der Waals surface area (Å²) in [5.41, 5.74) is 2.64. The summed E-state index contributed by atoms with van der Waals surface area (Å²) in [6.45, 7) is 2.31. The number of hydrogen-bond acceptors (Lipinski definition) is 5. The number of phenolic OH excluding ortho intramolecular Hbond substituents is 1. The van der Waals surface area contributed by atoms with Crippen molar-refractivity contribution in [3.63, 3.8) is 0 Å². The van der Waals surface area contributed by atoms with Crippen LogP contribution in [0.4, 0.5) is 5.00 Å². The largest absolute Gasteiger partial charge is 0.503 e. The molecule has 1 heterocycles. The molecule has 25 heavy (non-hydrogen) atoms. The van der Waals surface area contributed by atoms with E-state index in [4.69, 9.17) is 4.74 Å². The summed E-state index contributed by atoms with van der Waals surface area (Å²) in [5.74, 6) is 0.445. The van der Waals surface area contributed by atoms with E-state index in [9.17, 15) is 10.4 Å². The zero-order valence-corrected chi connectivity index (χ0v) is 17.6. The summed E-state index contributed by atoms with van der Waals surface area (Å²) in [6, 6.07) is 4.05. The van der Waals surface area contributed by atoms with E-state index >= 15 is 0 Å². The molecule has 0 atom stereocenters. The smallest absolute Gasteiger partial charge is 0.173 e. The van der Waals surface area contributed by atoms with E-state index in [-0.39, 0.29) is 5.75 Å². The van der Waals surface area contributed by atoms with Crippen molar-refractivity contribution in [3.8, 4) is 17.6 Å². The molecule has 1 aromatic carbocycles. The van der Waals surface area contributed by atoms with Crippen molar-refractivity contribution in [2.75, 3.05) is 6.61 Å². The lowest BCUT2D eigenvalue weighted by Crippen LogP contribution is -1.99. The third-order valence-corrected chi connectivity index (χ3v) is 7.42. The molecular formula is C18H16Br2N2O2S. The molecule has 0 radical (unpaired) electrons. The molecule has 0 spiro atoms. The number of aromatic hydroxyl groups is 1. The van der Waals surface area contributed by atoms with E-state index in [2.05, 4.69) is 42.9 Å². The third kappa shape index (κ3) is 3.62. The molecule has 1 N–H and O–H groups in total. The molecule has 2 aromatic rings. The van der Waals surface area contributed by atoms with Crippen LogP contribution in [0.2, 0.25) is 0 Å². The van der Waals surface area contributed by atoms with Crippen LogP contribution in [0.1, 0.15) is 41.3 Å². The number of nitriles is 1. The highest BCUT2D eigenvalue weighted by atomic mass is 79.9. The van der Waals surface area contributed by atoms with Crippen molar-refractivity contribution in [1.29, 1.82) is 5.26 Å². The van der Waals surface area contributed by atoms with Crippen LogP contribution < -0.4 is 4.74 Å². The molecule has 7 heteroatoms. The Kier molecular flexibility index (Phi) is 5.82. The van der Waals surface area contributed by atoms with Gasteiger partial charge >= 0.3 is 0 Å². The number of thiophene rings is 1. The Morgan fingerprint density at radius 3 is 2.84 bits per heavy atom. The van der Waals surface area contributed by atoms with E-state index in [1.807, 2.05) is 6.92 Å². The number of aliphatic imine (C=N–C) groups is 1. The molecule has 1 aliphatic rings. The van der Waals surface area contributed by atoms with E-state index in [0.717, 1.165) is 29.8 Å². The van der Waals surface area contributed by atoms with Gasteiger partial charge in [-0.05, 0) is 76.1 Å². The molecule has 3 rings (SSSR count). The maximum absolute atomic E-state index is 10.1. The fraction of sp³-hybridized carbons (Fsp3) is 0.333. The fourth-order valence-electron chi connectivity index (χ4n) is 2.86. The molecule has 0 bridgehead atoms. The van der Waals surface area contributed by atoms with Crippen LogP contribution in [0.15, 0.2) is 20.0 Å². The first-order valence-electron chi connectivity index (χ1n) is 7.99. The van der Waals surface area contributed by atoms with Crippen LogP contribution in [0, 0.1) is 11.3 Å². The Labute approximate surface area is 167 Å². The molecule has 0 saturated heterocycles. The lowest BCUT2D eigenvalue weighted by atomic mass is 9.96. The van der Waals surface area contributed by atoms with Crippen molar-refractivity contribution < 1.29 is 9.84 Å². The van der Waals surface area contributed by atoms with Gasteiger partial charge in [-0.1, -0.05) is 0 Å². The average Bonchev–Trinajstić information content (AvgIpc) is 2.98. The topological polar surface area (TPSA) is 65.6 Å². The number of benzene rings is 1. The number of fused-ring (bicyclic) bond motifs is 1. The molecule has 0 amide bonds. The zero-order chi connectivity index (χ0) is 18.0. The van der Waals surface area contributed by atoms with Crippen LogP contribution in [-0.2, 0) is 12.8 Å². The minimum absolute atomic E-state index is 0.0511. The number of nitrogens with zero attached hydrogens (tertiary/aromatic N) is 2. The predicted molar refractivity (Wildman–Crippen MR) is 108 cm³/mol. The van der Waals surface area contributed by atoms with E-state index in [1.165, 1.54) is 16.9 Å². The van der Waals surface area contributed by atoms with Crippen LogP contribution >= 0.6 is 43.2 Å². The molecular weight excluding hydrogens is 468 g/mol. The van der Waals surface area contributed by atoms with Gasteiger partial charge < -0.3 is 9.84 Å². The Morgan fingerprint density at radius 2 is 2.12 bits per heavy atom. The highest BCUT2D eigenvalue weighted by Gasteiger charge is 2.20. The van der Waals surface area contributed by atoms with Gasteiger partial charge in [0.15, 0.2) is 11.5 Å². The van der Waals surface area contributed by atoms with Crippen LogP contribution in [0.5, 0.6) is 11.5 Å². The van der Waals surface area contributed by atoms with Crippen molar-refractivity contribution in [1.82, 2.24) is 0 Å². The SMILES string of the molecule is CCOc1cc(C=Nc2sc3c(c2C#N)CCCC3)c(Br)c(Br)c1O. The van der Waals surface area contributed by atoms with Gasteiger partial charge in [0.2, 0.25) is 0 Å². The molecule has 130 valence electrons. The Bertz CT molecular complexity index is 884. The van der Waals surface area contributed by atoms with Gasteiger partial charge in [0.1, 0.15) is 11.1 Å². The van der Waals surface area contributed by atoms with Crippen molar-refractivity contribution >= 4 is 54.4 Å². The molecule has 1 aromatic heterocycles. The maximum Gasteiger partial charge on any atom is 0.173 e. The zero-order valence-electron chi connectivity index (χ0n) is 13.6. The monoisotopic (exact) mass is 482 g/mol. The number of halogens is 2. The second-order valence-corrected chi connectivity index (χ2v) is 8.30. The minimum Gasteiger partial charge on any atom is -0.503 e. The Morgan fingerprint density at radius 1 is 1.36 bits per heavy atom. The summed E-state index contributed by atoms with van der Waals surface area (Å²) < 4.78 is 6.68. The highest BCUT2D eigenvalue weighted by Crippen LogP contribution is 2.42. The lowest BCUT2D eigenvalue weighted by Gasteiger charge is -2.10. The molecule has 4 nitrogen and oxygen atoms in total. The van der Waals surface area contributed by atoms with Gasteiger partial charge in [-0.2, -0.15) is 5.26 Å². The Hall–Kier alpha value is -1.36. The van der Waals surface area contributed by atoms with Gasteiger partial charge in [-0.25, -0.2) is 4.99 Å². The van der Waals surface area contributed by atoms with Gasteiger partial charge in [-0.15, -0.1) is 11.3 Å². The first kappa shape index (κ1) is 18.4. The van der Waals surface area contributed by atoms with Crippen LogP contribution in [0.3, 0.4) is 0 Å². The average molecular weight is 484 g/mol. The summed E-state index contributed by atoms with van der Waals surface area (Å²) >= 11 is 8.44. The number of ether oxygens (including phenoxy) is 1. The number of hydrogen-bond donors (Lipinski definition) is 1. The van der Waals surface area contributed by atoms with Crippen molar-refractivity contribution in [2.24, 2.45) is 4.99 Å². The van der Waals surface area contributed by atoms with Gasteiger partial charge in [0.25, 0.3) is 0 Å². The first-order valence-corrected chi connectivity index (χ1v) is 10.4. The molecule has 0 aliphatic heterocycles. The molecule has 1 aliphatic carbocycles. The van der Waals surface area contributed by atoms with E-state index in [1.54, 1.807) is 23.6 Å². The third-order valence-electron chi connectivity index (χ3n) is 4.06. The van der Waals surface area contributed by atoms with Crippen LogP contribution in [-0.4, -0.2) is 17.9 Å². The van der Waals surface area contributed by atoms with Gasteiger partial charge in [0, 0.05) is 21.1 Å². The minimum atomic E-state index is 0.0511. The first-order chi connectivity index (χ1) is 12.1. The summed E-state index contributed by atoms with van der Waals surface area (Å²) in [6.07, 6.45) is 6.01. The van der Waals surface area contributed by atoms with Gasteiger partial charge in [-0.3, -0.25) is 0 Å². The lowest BCUT2D eigenvalue weighted by molar-refractivity contribution is 0.317.